The fourth-order valence-corrected chi connectivity index (χ4v) is 3.59. The molecular formula is C16H19BN2O. The van der Waals surface area contributed by atoms with E-state index in [2.05, 4.69) is 31.9 Å². The van der Waals surface area contributed by atoms with Gasteiger partial charge in [-0.25, -0.2) is 0 Å². The quantitative estimate of drug-likeness (QED) is 0.576. The van der Waals surface area contributed by atoms with Crippen LogP contribution in [0.15, 0.2) is 23.2 Å². The van der Waals surface area contributed by atoms with Gasteiger partial charge < -0.3 is 4.74 Å². The molecule has 0 aromatic heterocycles. The summed E-state index contributed by atoms with van der Waals surface area (Å²) >= 11 is 0. The zero-order valence-corrected chi connectivity index (χ0v) is 12.1. The third kappa shape index (κ3) is 2.22. The van der Waals surface area contributed by atoms with Crippen molar-refractivity contribution < 1.29 is 4.74 Å². The third-order valence-corrected chi connectivity index (χ3v) is 4.69. The van der Waals surface area contributed by atoms with E-state index in [-0.39, 0.29) is 5.60 Å². The van der Waals surface area contributed by atoms with Crippen molar-refractivity contribution in [1.82, 2.24) is 0 Å². The summed E-state index contributed by atoms with van der Waals surface area (Å²) in [4.78, 5) is 4.08. The molecule has 3 rings (SSSR count). The van der Waals surface area contributed by atoms with E-state index in [9.17, 15) is 0 Å². The monoisotopic (exact) mass is 266 g/mol. The average Bonchev–Trinajstić information content (AvgIpc) is 2.83. The molecule has 1 spiro atoms. The maximum atomic E-state index is 8.96. The summed E-state index contributed by atoms with van der Waals surface area (Å²) in [7, 11) is 2.05. The van der Waals surface area contributed by atoms with Crippen LogP contribution in [0, 0.1) is 17.4 Å². The minimum atomic E-state index is -0.126. The molecule has 2 aliphatic rings. The van der Waals surface area contributed by atoms with E-state index in [1.165, 1.54) is 18.3 Å². The Bertz CT molecular complexity index is 605. The van der Waals surface area contributed by atoms with Crippen LogP contribution in [-0.4, -0.2) is 19.2 Å². The fraction of sp³-hybridized carbons (Fsp3) is 0.500. The second-order valence-electron chi connectivity index (χ2n) is 6.14. The fourth-order valence-electron chi connectivity index (χ4n) is 3.59. The van der Waals surface area contributed by atoms with Gasteiger partial charge in [0.25, 0.3) is 0 Å². The standard InChI is InChI=1S/C16H19BN2O/c1-2-11-5-6-16(8-11)9-14(19-10-18)13-7-12(17)3-4-15(13)20-16/h3-4,7,11H,2,5-6,8-9,17H2,1H3/b19-14+. The van der Waals surface area contributed by atoms with Crippen LogP contribution >= 0.6 is 0 Å². The van der Waals surface area contributed by atoms with Gasteiger partial charge in [-0.2, -0.15) is 10.3 Å². The van der Waals surface area contributed by atoms with Crippen LogP contribution in [0.25, 0.3) is 0 Å². The van der Waals surface area contributed by atoms with Crippen LogP contribution in [0.5, 0.6) is 5.75 Å². The highest BCUT2D eigenvalue weighted by Crippen LogP contribution is 2.46. The number of nitriles is 1. The lowest BCUT2D eigenvalue weighted by molar-refractivity contribution is 0.0733. The highest BCUT2D eigenvalue weighted by atomic mass is 16.5. The normalized spacial score (nSPS) is 30.0. The van der Waals surface area contributed by atoms with Crippen molar-refractivity contribution in [2.75, 3.05) is 0 Å². The van der Waals surface area contributed by atoms with E-state index >= 15 is 0 Å². The second kappa shape index (κ2) is 4.97. The number of ether oxygens (including phenoxy) is 1. The Kier molecular flexibility index (Phi) is 3.29. The molecule has 1 aliphatic carbocycles. The lowest BCUT2D eigenvalue weighted by atomic mass is 9.84. The Balaban J connectivity index is 2.00. The molecule has 0 saturated heterocycles. The zero-order chi connectivity index (χ0) is 14.2. The molecule has 1 aromatic rings. The molecule has 20 heavy (non-hydrogen) atoms. The molecule has 1 saturated carbocycles. The van der Waals surface area contributed by atoms with Crippen molar-refractivity contribution in [2.24, 2.45) is 10.9 Å². The van der Waals surface area contributed by atoms with Gasteiger partial charge in [-0.15, -0.1) is 0 Å². The number of aliphatic imine (C=N–C) groups is 1. The number of fused-ring (bicyclic) bond motifs is 1. The highest BCUT2D eigenvalue weighted by Gasteiger charge is 2.44. The van der Waals surface area contributed by atoms with Crippen LogP contribution in [0.3, 0.4) is 0 Å². The van der Waals surface area contributed by atoms with Crippen molar-refractivity contribution in [3.05, 3.63) is 23.8 Å². The van der Waals surface area contributed by atoms with Gasteiger partial charge in [-0.05, 0) is 31.2 Å². The van der Waals surface area contributed by atoms with Crippen LogP contribution in [0.4, 0.5) is 0 Å². The molecular weight excluding hydrogens is 247 g/mol. The lowest BCUT2D eigenvalue weighted by Gasteiger charge is -2.36. The number of rotatable bonds is 1. The van der Waals surface area contributed by atoms with E-state index in [1.807, 2.05) is 12.3 Å². The summed E-state index contributed by atoms with van der Waals surface area (Å²) in [6, 6.07) is 6.16. The Labute approximate surface area is 121 Å². The van der Waals surface area contributed by atoms with E-state index in [4.69, 9.17) is 10.00 Å². The van der Waals surface area contributed by atoms with Gasteiger partial charge in [-0.1, -0.05) is 30.9 Å². The molecule has 0 N–H and O–H groups in total. The first-order valence-electron chi connectivity index (χ1n) is 7.41. The largest absolute Gasteiger partial charge is 0.486 e. The predicted octanol–water partition coefficient (Wildman–Crippen LogP) is 1.95. The number of hydrogen-bond donors (Lipinski definition) is 0. The number of hydrogen-bond acceptors (Lipinski definition) is 3. The third-order valence-electron chi connectivity index (χ3n) is 4.69. The topological polar surface area (TPSA) is 45.4 Å². The minimum Gasteiger partial charge on any atom is -0.486 e. The molecule has 1 heterocycles. The minimum absolute atomic E-state index is 0.126. The van der Waals surface area contributed by atoms with Crippen molar-refractivity contribution in [1.29, 1.82) is 5.26 Å². The second-order valence-corrected chi connectivity index (χ2v) is 6.14. The molecule has 0 bridgehead atoms. The molecule has 102 valence electrons. The number of benzene rings is 1. The van der Waals surface area contributed by atoms with Gasteiger partial charge in [0.05, 0.1) is 5.71 Å². The van der Waals surface area contributed by atoms with Crippen LogP contribution in [0.2, 0.25) is 0 Å². The summed E-state index contributed by atoms with van der Waals surface area (Å²) < 4.78 is 6.35. The smallest absolute Gasteiger partial charge is 0.205 e. The maximum Gasteiger partial charge on any atom is 0.205 e. The van der Waals surface area contributed by atoms with E-state index in [1.54, 1.807) is 0 Å². The Hall–Kier alpha value is -1.76. The van der Waals surface area contributed by atoms with E-state index in [0.717, 1.165) is 42.2 Å². The SMILES string of the molecule is Bc1ccc2c(c1)/C(=N/C#N)CC1(CCC(CC)C1)O2. The van der Waals surface area contributed by atoms with Gasteiger partial charge in [0.15, 0.2) is 0 Å². The van der Waals surface area contributed by atoms with Gasteiger partial charge in [0.2, 0.25) is 6.19 Å². The van der Waals surface area contributed by atoms with Gasteiger partial charge >= 0.3 is 0 Å². The van der Waals surface area contributed by atoms with Gasteiger partial charge in [-0.3, -0.25) is 0 Å². The Morgan fingerprint density at radius 3 is 3.10 bits per heavy atom. The maximum absolute atomic E-state index is 8.96. The van der Waals surface area contributed by atoms with Gasteiger partial charge in [0.1, 0.15) is 19.2 Å². The molecule has 0 radical (unpaired) electrons. The summed E-state index contributed by atoms with van der Waals surface area (Å²) in [6.07, 6.45) is 7.32. The molecule has 4 heteroatoms. The van der Waals surface area contributed by atoms with Crippen molar-refractivity contribution >= 4 is 19.0 Å². The van der Waals surface area contributed by atoms with Gasteiger partial charge in [0, 0.05) is 12.0 Å². The van der Waals surface area contributed by atoms with E-state index < -0.39 is 0 Å². The molecule has 3 nitrogen and oxygen atoms in total. The van der Waals surface area contributed by atoms with Crippen LogP contribution in [-0.2, 0) is 0 Å². The molecule has 2 atom stereocenters. The first-order valence-corrected chi connectivity index (χ1v) is 7.41. The summed E-state index contributed by atoms with van der Waals surface area (Å²) in [5.74, 6) is 1.64. The van der Waals surface area contributed by atoms with Crippen LogP contribution in [0.1, 0.15) is 44.6 Å². The van der Waals surface area contributed by atoms with Crippen molar-refractivity contribution in [3.8, 4) is 11.9 Å². The highest BCUT2D eigenvalue weighted by molar-refractivity contribution is 6.33. The zero-order valence-electron chi connectivity index (χ0n) is 12.1. The lowest BCUT2D eigenvalue weighted by Crippen LogP contribution is -2.40. The van der Waals surface area contributed by atoms with Crippen molar-refractivity contribution in [2.45, 2.75) is 44.6 Å². The summed E-state index contributed by atoms with van der Waals surface area (Å²) in [5.41, 5.74) is 2.94. The molecule has 2 unspecified atom stereocenters. The Morgan fingerprint density at radius 1 is 1.55 bits per heavy atom. The first-order chi connectivity index (χ1) is 9.65. The van der Waals surface area contributed by atoms with Crippen LogP contribution < -0.4 is 10.2 Å². The summed E-state index contributed by atoms with van der Waals surface area (Å²) in [5, 5.41) is 8.96. The summed E-state index contributed by atoms with van der Waals surface area (Å²) in [6.45, 7) is 2.24. The molecule has 1 aromatic carbocycles. The molecule has 1 fully saturated rings. The van der Waals surface area contributed by atoms with Crippen molar-refractivity contribution in [3.63, 3.8) is 0 Å². The predicted molar refractivity (Wildman–Crippen MR) is 82.4 cm³/mol. The first kappa shape index (κ1) is 13.2. The number of nitrogens with zero attached hydrogens (tertiary/aromatic N) is 2. The molecule has 1 aliphatic heterocycles. The molecule has 0 amide bonds. The average molecular weight is 266 g/mol. The Morgan fingerprint density at radius 2 is 2.40 bits per heavy atom. The van der Waals surface area contributed by atoms with E-state index in [0.29, 0.717) is 0 Å².